The van der Waals surface area contributed by atoms with Gasteiger partial charge >= 0.3 is 0 Å². The summed E-state index contributed by atoms with van der Waals surface area (Å²) < 4.78 is 6.53. The van der Waals surface area contributed by atoms with E-state index in [0.29, 0.717) is 0 Å². The fourth-order valence-electron chi connectivity index (χ4n) is 6.88. The van der Waals surface area contributed by atoms with Crippen molar-refractivity contribution < 1.29 is 4.42 Å². The molecule has 8 aromatic carbocycles. The summed E-state index contributed by atoms with van der Waals surface area (Å²) in [6.07, 6.45) is 0. The molecule has 0 amide bonds. The highest BCUT2D eigenvalue weighted by Crippen LogP contribution is 2.41. The van der Waals surface area contributed by atoms with E-state index in [4.69, 9.17) is 4.42 Å². The number of para-hydroxylation sites is 2. The second kappa shape index (κ2) is 10.8. The highest BCUT2D eigenvalue weighted by molar-refractivity contribution is 6.20. The lowest BCUT2D eigenvalue weighted by Crippen LogP contribution is -2.09. The lowest BCUT2D eigenvalue weighted by atomic mass is 9.98. The fraction of sp³-hybridized carbons (Fsp3) is 0. The highest BCUT2D eigenvalue weighted by atomic mass is 16.3. The van der Waals surface area contributed by atoms with E-state index in [1.54, 1.807) is 0 Å². The van der Waals surface area contributed by atoms with Gasteiger partial charge in [0.05, 0.1) is 0 Å². The van der Waals surface area contributed by atoms with Crippen LogP contribution in [0.4, 0.5) is 17.1 Å². The zero-order valence-corrected chi connectivity index (χ0v) is 25.1. The molecular weight excluding hydrogens is 558 g/mol. The summed E-state index contributed by atoms with van der Waals surface area (Å²) >= 11 is 0. The Morgan fingerprint density at radius 3 is 1.61 bits per heavy atom. The summed E-state index contributed by atoms with van der Waals surface area (Å²) in [6.45, 7) is 0. The predicted octanol–water partition coefficient (Wildman–Crippen LogP) is 12.7. The van der Waals surface area contributed by atoms with E-state index in [9.17, 15) is 0 Å². The smallest absolute Gasteiger partial charge is 0.143 e. The molecule has 9 rings (SSSR count). The number of rotatable bonds is 5. The quantitative estimate of drug-likeness (QED) is 0.199. The summed E-state index contributed by atoms with van der Waals surface area (Å²) in [6, 6.07) is 62.6. The largest absolute Gasteiger partial charge is 0.455 e. The predicted molar refractivity (Wildman–Crippen MR) is 194 cm³/mol. The van der Waals surface area contributed by atoms with Crippen molar-refractivity contribution in [3.8, 4) is 22.3 Å². The van der Waals surface area contributed by atoms with Crippen LogP contribution in [0.15, 0.2) is 180 Å². The Labute approximate surface area is 267 Å². The van der Waals surface area contributed by atoms with Gasteiger partial charge in [0.25, 0.3) is 0 Å². The van der Waals surface area contributed by atoms with Crippen molar-refractivity contribution in [2.24, 2.45) is 0 Å². The minimum absolute atomic E-state index is 0.917. The van der Waals surface area contributed by atoms with Gasteiger partial charge in [0.2, 0.25) is 0 Å². The van der Waals surface area contributed by atoms with E-state index in [1.807, 2.05) is 0 Å². The van der Waals surface area contributed by atoms with Crippen LogP contribution in [0.5, 0.6) is 0 Å². The minimum Gasteiger partial charge on any atom is -0.455 e. The molecule has 0 radical (unpaired) electrons. The maximum absolute atomic E-state index is 6.53. The summed E-state index contributed by atoms with van der Waals surface area (Å²) in [7, 11) is 0. The van der Waals surface area contributed by atoms with Crippen molar-refractivity contribution >= 4 is 60.5 Å². The lowest BCUT2D eigenvalue weighted by Gasteiger charge is -2.26. The number of benzene rings is 8. The summed E-state index contributed by atoms with van der Waals surface area (Å²) in [5.74, 6) is 0. The molecule has 0 unspecified atom stereocenters. The standard InChI is InChI=1S/C44H29NO/c1-2-13-34(14-3-1)45(35-25-20-32(21-26-35)38-17-8-12-30-10-4-6-15-37(30)38)36-27-22-33(23-28-36)40-18-9-19-41-43-39-16-7-5-11-31(39)24-29-42(43)46-44(40)41/h1-29H. The Balaban J connectivity index is 1.12. The van der Waals surface area contributed by atoms with Crippen LogP contribution in [0.25, 0.3) is 65.7 Å². The van der Waals surface area contributed by atoms with E-state index in [-0.39, 0.29) is 0 Å². The third-order valence-electron chi connectivity index (χ3n) is 9.06. The molecule has 0 aliphatic heterocycles. The van der Waals surface area contributed by atoms with E-state index in [0.717, 1.165) is 44.7 Å². The first-order chi connectivity index (χ1) is 22.8. The van der Waals surface area contributed by atoms with Gasteiger partial charge in [0, 0.05) is 33.4 Å². The monoisotopic (exact) mass is 587 g/mol. The van der Waals surface area contributed by atoms with Crippen molar-refractivity contribution in [3.63, 3.8) is 0 Å². The molecule has 1 heterocycles. The van der Waals surface area contributed by atoms with Crippen molar-refractivity contribution in [2.45, 2.75) is 0 Å². The molecule has 2 heteroatoms. The molecule has 0 fully saturated rings. The van der Waals surface area contributed by atoms with Gasteiger partial charge in [0.15, 0.2) is 0 Å². The molecule has 2 nitrogen and oxygen atoms in total. The Morgan fingerprint density at radius 2 is 0.870 bits per heavy atom. The molecule has 46 heavy (non-hydrogen) atoms. The van der Waals surface area contributed by atoms with Gasteiger partial charge in [-0.15, -0.1) is 0 Å². The molecule has 0 atom stereocenters. The molecule has 0 saturated heterocycles. The first kappa shape index (κ1) is 26.3. The highest BCUT2D eigenvalue weighted by Gasteiger charge is 2.16. The third-order valence-corrected chi connectivity index (χ3v) is 9.06. The molecule has 0 spiro atoms. The van der Waals surface area contributed by atoms with Crippen molar-refractivity contribution in [3.05, 3.63) is 176 Å². The zero-order valence-electron chi connectivity index (χ0n) is 25.1. The maximum atomic E-state index is 6.53. The van der Waals surface area contributed by atoms with Gasteiger partial charge in [-0.1, -0.05) is 133 Å². The Kier molecular flexibility index (Phi) is 6.17. The SMILES string of the molecule is c1ccc(N(c2ccc(-c3cccc4ccccc34)cc2)c2ccc(-c3cccc4c3oc3ccc5ccccc5c34)cc2)cc1. The molecule has 1 aromatic heterocycles. The summed E-state index contributed by atoms with van der Waals surface area (Å²) in [5.41, 5.74) is 9.81. The van der Waals surface area contributed by atoms with E-state index in [2.05, 4.69) is 181 Å². The normalized spacial score (nSPS) is 11.5. The number of nitrogens with zero attached hydrogens (tertiary/aromatic N) is 1. The third kappa shape index (κ3) is 4.35. The van der Waals surface area contributed by atoms with Crippen LogP contribution in [0.2, 0.25) is 0 Å². The molecule has 0 bridgehead atoms. The van der Waals surface area contributed by atoms with Crippen LogP contribution >= 0.6 is 0 Å². The van der Waals surface area contributed by atoms with Gasteiger partial charge in [0.1, 0.15) is 11.2 Å². The van der Waals surface area contributed by atoms with E-state index >= 15 is 0 Å². The second-order valence-corrected chi connectivity index (χ2v) is 11.7. The van der Waals surface area contributed by atoms with Gasteiger partial charge in [-0.05, 0) is 80.7 Å². The Hall–Kier alpha value is -6.12. The minimum atomic E-state index is 0.917. The molecule has 0 aliphatic rings. The van der Waals surface area contributed by atoms with Gasteiger partial charge in [-0.3, -0.25) is 0 Å². The van der Waals surface area contributed by atoms with Crippen LogP contribution in [-0.4, -0.2) is 0 Å². The van der Waals surface area contributed by atoms with Crippen LogP contribution in [0, 0.1) is 0 Å². The first-order valence-electron chi connectivity index (χ1n) is 15.7. The number of hydrogen-bond donors (Lipinski definition) is 0. The van der Waals surface area contributed by atoms with E-state index in [1.165, 1.54) is 38.1 Å². The first-order valence-corrected chi connectivity index (χ1v) is 15.7. The van der Waals surface area contributed by atoms with E-state index < -0.39 is 0 Å². The zero-order chi connectivity index (χ0) is 30.5. The molecular formula is C44H29NO. The van der Waals surface area contributed by atoms with Crippen LogP contribution < -0.4 is 4.90 Å². The summed E-state index contributed by atoms with van der Waals surface area (Å²) in [4.78, 5) is 2.31. The molecule has 0 saturated carbocycles. The molecule has 0 N–H and O–H groups in total. The molecule has 216 valence electrons. The van der Waals surface area contributed by atoms with Crippen molar-refractivity contribution in [1.82, 2.24) is 0 Å². The number of hydrogen-bond acceptors (Lipinski definition) is 2. The van der Waals surface area contributed by atoms with Gasteiger partial charge in [-0.25, -0.2) is 0 Å². The van der Waals surface area contributed by atoms with Crippen molar-refractivity contribution in [2.75, 3.05) is 4.90 Å². The lowest BCUT2D eigenvalue weighted by molar-refractivity contribution is 0.670. The van der Waals surface area contributed by atoms with Crippen LogP contribution in [-0.2, 0) is 0 Å². The second-order valence-electron chi connectivity index (χ2n) is 11.7. The van der Waals surface area contributed by atoms with Crippen LogP contribution in [0.1, 0.15) is 0 Å². The Bertz CT molecular complexity index is 2500. The average Bonchev–Trinajstić information content (AvgIpc) is 3.52. The van der Waals surface area contributed by atoms with Crippen LogP contribution in [0.3, 0.4) is 0 Å². The number of anilines is 3. The summed E-state index contributed by atoms with van der Waals surface area (Å²) in [5, 5.41) is 7.27. The fourth-order valence-corrected chi connectivity index (χ4v) is 6.88. The maximum Gasteiger partial charge on any atom is 0.143 e. The van der Waals surface area contributed by atoms with Crippen molar-refractivity contribution in [1.29, 1.82) is 0 Å². The number of furan rings is 1. The van der Waals surface area contributed by atoms with Gasteiger partial charge in [-0.2, -0.15) is 0 Å². The average molecular weight is 588 g/mol. The van der Waals surface area contributed by atoms with Gasteiger partial charge < -0.3 is 9.32 Å². The Morgan fingerprint density at radius 1 is 0.348 bits per heavy atom. The molecule has 9 aromatic rings. The molecule has 0 aliphatic carbocycles. The number of fused-ring (bicyclic) bond motifs is 6. The topological polar surface area (TPSA) is 16.4 Å².